The molecule has 1 aromatic heterocycles. The van der Waals surface area contributed by atoms with Gasteiger partial charge in [0.05, 0.1) is 6.10 Å². The van der Waals surface area contributed by atoms with Gasteiger partial charge in [0, 0.05) is 51.0 Å². The van der Waals surface area contributed by atoms with Gasteiger partial charge in [0.1, 0.15) is 0 Å². The number of rotatable bonds is 5. The van der Waals surface area contributed by atoms with E-state index in [9.17, 15) is 4.79 Å². The summed E-state index contributed by atoms with van der Waals surface area (Å²) in [4.78, 5) is 14.6. The minimum atomic E-state index is 0.227. The van der Waals surface area contributed by atoms with Gasteiger partial charge < -0.3 is 9.64 Å². The number of aryl methyl sites for hydroxylation is 1. The van der Waals surface area contributed by atoms with E-state index in [1.165, 1.54) is 19.3 Å². The first-order valence-corrected chi connectivity index (χ1v) is 8.51. The van der Waals surface area contributed by atoms with Crippen LogP contribution in [0.1, 0.15) is 44.9 Å². The smallest absolute Gasteiger partial charge is 0.222 e. The van der Waals surface area contributed by atoms with Crippen LogP contribution in [0, 0.1) is 5.41 Å². The van der Waals surface area contributed by atoms with E-state index in [0.717, 1.165) is 38.9 Å². The van der Waals surface area contributed by atoms with Crippen molar-refractivity contribution in [3.8, 4) is 0 Å². The van der Waals surface area contributed by atoms with Gasteiger partial charge in [-0.25, -0.2) is 0 Å². The lowest BCUT2D eigenvalue weighted by molar-refractivity contribution is -0.137. The number of hydrogen-bond acceptors (Lipinski definition) is 3. The Balaban J connectivity index is 1.52. The summed E-state index contributed by atoms with van der Waals surface area (Å²) in [5, 5.41) is 4.18. The van der Waals surface area contributed by atoms with Crippen LogP contribution in [0.4, 0.5) is 0 Å². The van der Waals surface area contributed by atoms with Crippen LogP contribution in [0.25, 0.3) is 0 Å². The highest BCUT2D eigenvalue weighted by Crippen LogP contribution is 2.46. The predicted molar refractivity (Wildman–Crippen MR) is 84.4 cm³/mol. The van der Waals surface area contributed by atoms with Crippen molar-refractivity contribution in [1.29, 1.82) is 0 Å². The molecular weight excluding hydrogens is 278 g/mol. The molecule has 0 unspecified atom stereocenters. The van der Waals surface area contributed by atoms with Gasteiger partial charge in [-0.2, -0.15) is 5.10 Å². The molecule has 2 atom stereocenters. The Morgan fingerprint density at radius 3 is 3.05 bits per heavy atom. The van der Waals surface area contributed by atoms with E-state index in [0.29, 0.717) is 18.4 Å². The van der Waals surface area contributed by atoms with E-state index >= 15 is 0 Å². The highest BCUT2D eigenvalue weighted by molar-refractivity contribution is 5.76. The largest absolute Gasteiger partial charge is 0.381 e. The molecule has 2 heterocycles. The van der Waals surface area contributed by atoms with Crippen molar-refractivity contribution < 1.29 is 9.53 Å². The van der Waals surface area contributed by atoms with Crippen LogP contribution in [-0.4, -0.2) is 46.9 Å². The lowest BCUT2D eigenvalue weighted by atomic mass is 9.76. The Morgan fingerprint density at radius 2 is 2.27 bits per heavy atom. The van der Waals surface area contributed by atoms with Gasteiger partial charge in [-0.3, -0.25) is 9.48 Å². The number of carbonyl (C=O) groups excluding carboxylic acids is 1. The minimum Gasteiger partial charge on any atom is -0.381 e. The van der Waals surface area contributed by atoms with Crippen LogP contribution in [-0.2, 0) is 16.1 Å². The molecule has 0 bridgehead atoms. The number of hydrogen-bond donors (Lipinski definition) is 0. The van der Waals surface area contributed by atoms with E-state index in [1.807, 2.05) is 24.1 Å². The quantitative estimate of drug-likeness (QED) is 0.839. The van der Waals surface area contributed by atoms with Crippen LogP contribution in [0.3, 0.4) is 0 Å². The maximum atomic E-state index is 12.5. The van der Waals surface area contributed by atoms with E-state index in [1.54, 1.807) is 6.20 Å². The Morgan fingerprint density at radius 1 is 1.41 bits per heavy atom. The van der Waals surface area contributed by atoms with E-state index in [-0.39, 0.29) is 5.41 Å². The fraction of sp³-hybridized carbons (Fsp3) is 0.765. The Hall–Kier alpha value is -1.36. The second kappa shape index (κ2) is 6.82. The molecule has 1 aliphatic heterocycles. The normalized spacial score (nSPS) is 28.4. The van der Waals surface area contributed by atoms with Crippen molar-refractivity contribution in [1.82, 2.24) is 14.7 Å². The Kier molecular flexibility index (Phi) is 4.81. The number of aromatic nitrogens is 2. The molecule has 122 valence electrons. The zero-order valence-corrected chi connectivity index (χ0v) is 13.5. The van der Waals surface area contributed by atoms with Crippen molar-refractivity contribution in [3.63, 3.8) is 0 Å². The molecule has 1 amide bonds. The molecule has 2 fully saturated rings. The van der Waals surface area contributed by atoms with Crippen molar-refractivity contribution in [2.45, 2.75) is 57.6 Å². The van der Waals surface area contributed by atoms with E-state index in [2.05, 4.69) is 10.00 Å². The van der Waals surface area contributed by atoms with Crippen LogP contribution in [0.15, 0.2) is 18.5 Å². The Labute approximate surface area is 132 Å². The SMILES string of the molecule is CO[C@@H]1CCC[C@@]12CCCN(C(=O)CCCn1cccn1)C2. The standard InChI is InChI=1S/C17H27N3O2/c1-22-15-6-2-8-17(15)9-4-11-19(14-17)16(21)7-3-12-20-13-5-10-18-20/h5,10,13,15H,2-4,6-9,11-12,14H2,1H3/t15-,17+/m1/s1. The van der Waals surface area contributed by atoms with Crippen molar-refractivity contribution in [3.05, 3.63) is 18.5 Å². The molecule has 5 heteroatoms. The fourth-order valence-corrected chi connectivity index (χ4v) is 4.30. The predicted octanol–water partition coefficient (Wildman–Crippen LogP) is 2.47. The molecule has 1 spiro atoms. The van der Waals surface area contributed by atoms with Crippen molar-refractivity contribution in [2.75, 3.05) is 20.2 Å². The van der Waals surface area contributed by atoms with Gasteiger partial charge in [0.2, 0.25) is 5.91 Å². The van der Waals surface area contributed by atoms with Crippen LogP contribution < -0.4 is 0 Å². The topological polar surface area (TPSA) is 47.4 Å². The molecule has 1 saturated carbocycles. The van der Waals surface area contributed by atoms with Crippen LogP contribution in [0.2, 0.25) is 0 Å². The van der Waals surface area contributed by atoms with Gasteiger partial charge in [-0.15, -0.1) is 0 Å². The number of nitrogens with zero attached hydrogens (tertiary/aromatic N) is 3. The Bertz CT molecular complexity index is 488. The zero-order valence-electron chi connectivity index (χ0n) is 13.5. The number of ether oxygens (including phenoxy) is 1. The molecule has 1 aliphatic carbocycles. The average Bonchev–Trinajstić information content (AvgIpc) is 3.17. The molecule has 3 rings (SSSR count). The first-order chi connectivity index (χ1) is 10.7. The van der Waals surface area contributed by atoms with Gasteiger partial charge >= 0.3 is 0 Å². The minimum absolute atomic E-state index is 0.227. The van der Waals surface area contributed by atoms with Gasteiger partial charge in [0.25, 0.3) is 0 Å². The van der Waals surface area contributed by atoms with Crippen LogP contribution in [0.5, 0.6) is 0 Å². The van der Waals surface area contributed by atoms with Crippen LogP contribution >= 0.6 is 0 Å². The average molecular weight is 305 g/mol. The number of likely N-dealkylation sites (tertiary alicyclic amines) is 1. The molecule has 1 saturated heterocycles. The molecule has 2 aliphatic rings. The van der Waals surface area contributed by atoms with E-state index in [4.69, 9.17) is 4.74 Å². The maximum absolute atomic E-state index is 12.5. The van der Waals surface area contributed by atoms with Gasteiger partial charge in [0.15, 0.2) is 0 Å². The third kappa shape index (κ3) is 3.19. The highest BCUT2D eigenvalue weighted by atomic mass is 16.5. The number of carbonyl (C=O) groups is 1. The summed E-state index contributed by atoms with van der Waals surface area (Å²) in [5.41, 5.74) is 0.227. The van der Waals surface area contributed by atoms with Gasteiger partial charge in [-0.05, 0) is 38.2 Å². The fourth-order valence-electron chi connectivity index (χ4n) is 4.30. The summed E-state index contributed by atoms with van der Waals surface area (Å²) in [7, 11) is 1.82. The molecule has 1 aromatic rings. The summed E-state index contributed by atoms with van der Waals surface area (Å²) in [5.74, 6) is 0.299. The first kappa shape index (κ1) is 15.5. The second-order valence-electron chi connectivity index (χ2n) is 6.77. The summed E-state index contributed by atoms with van der Waals surface area (Å²) in [6.45, 7) is 2.63. The summed E-state index contributed by atoms with van der Waals surface area (Å²) >= 11 is 0. The first-order valence-electron chi connectivity index (χ1n) is 8.51. The van der Waals surface area contributed by atoms with Gasteiger partial charge in [-0.1, -0.05) is 6.42 Å². The summed E-state index contributed by atoms with van der Waals surface area (Å²) in [6, 6.07) is 1.92. The summed E-state index contributed by atoms with van der Waals surface area (Å²) < 4.78 is 7.60. The van der Waals surface area contributed by atoms with Crippen molar-refractivity contribution in [2.24, 2.45) is 5.41 Å². The number of amides is 1. The molecule has 0 aromatic carbocycles. The lowest BCUT2D eigenvalue weighted by Gasteiger charge is -2.43. The molecule has 0 N–H and O–H groups in total. The molecule has 5 nitrogen and oxygen atoms in total. The number of methoxy groups -OCH3 is 1. The third-order valence-electron chi connectivity index (χ3n) is 5.41. The monoisotopic (exact) mass is 305 g/mol. The van der Waals surface area contributed by atoms with E-state index < -0.39 is 0 Å². The maximum Gasteiger partial charge on any atom is 0.222 e. The lowest BCUT2D eigenvalue weighted by Crippen LogP contribution is -2.49. The third-order valence-corrected chi connectivity index (χ3v) is 5.41. The highest BCUT2D eigenvalue weighted by Gasteiger charge is 2.46. The summed E-state index contributed by atoms with van der Waals surface area (Å²) in [6.07, 6.45) is 11.5. The number of piperidine rings is 1. The zero-order chi connectivity index (χ0) is 15.4. The molecule has 22 heavy (non-hydrogen) atoms. The molecular formula is C17H27N3O2. The molecule has 0 radical (unpaired) electrons. The second-order valence-corrected chi connectivity index (χ2v) is 6.77. The van der Waals surface area contributed by atoms with Crippen molar-refractivity contribution >= 4 is 5.91 Å².